The van der Waals surface area contributed by atoms with Gasteiger partial charge in [-0.2, -0.15) is 0 Å². The molecule has 148 valence electrons. The molecule has 8 heteroatoms. The number of carbonyl (C=O) groups excluding carboxylic acids is 4. The zero-order valence-corrected chi connectivity index (χ0v) is 16.7. The quantitative estimate of drug-likeness (QED) is 0.722. The molecule has 0 saturated carbocycles. The summed E-state index contributed by atoms with van der Waals surface area (Å²) >= 11 is 1.24. The van der Waals surface area contributed by atoms with Gasteiger partial charge in [-0.05, 0) is 34.6 Å². The van der Waals surface area contributed by atoms with Crippen molar-refractivity contribution >= 4 is 35.0 Å². The van der Waals surface area contributed by atoms with Gasteiger partial charge < -0.3 is 10.1 Å². The fourth-order valence-electron chi connectivity index (χ4n) is 2.20. The Kier molecular flexibility index (Phi) is 7.06. The average molecular weight is 402 g/mol. The first-order chi connectivity index (χ1) is 13.2. The molecule has 1 heterocycles. The first-order valence-corrected chi connectivity index (χ1v) is 9.47. The van der Waals surface area contributed by atoms with Crippen LogP contribution in [0.2, 0.25) is 0 Å². The Morgan fingerprint density at radius 3 is 2.25 bits per heavy atom. The number of thiophene rings is 1. The van der Waals surface area contributed by atoms with Crippen molar-refractivity contribution in [3.8, 4) is 0 Å². The highest BCUT2D eigenvalue weighted by molar-refractivity contribution is 7.12. The van der Waals surface area contributed by atoms with Crippen molar-refractivity contribution < 1.29 is 23.9 Å². The van der Waals surface area contributed by atoms with E-state index in [0.717, 1.165) is 5.56 Å². The number of esters is 1. The van der Waals surface area contributed by atoms with Gasteiger partial charge in [0.15, 0.2) is 6.61 Å². The lowest BCUT2D eigenvalue weighted by Crippen LogP contribution is -2.36. The van der Waals surface area contributed by atoms with Gasteiger partial charge >= 0.3 is 5.97 Å². The third kappa shape index (κ3) is 6.31. The van der Waals surface area contributed by atoms with Crippen LogP contribution in [0.4, 0.5) is 0 Å². The van der Waals surface area contributed by atoms with Gasteiger partial charge in [0.25, 0.3) is 17.7 Å². The Balaban J connectivity index is 1.74. The number of imide groups is 1. The predicted octanol–water partition coefficient (Wildman–Crippen LogP) is 2.28. The van der Waals surface area contributed by atoms with E-state index in [1.165, 1.54) is 11.3 Å². The summed E-state index contributed by atoms with van der Waals surface area (Å²) in [5.41, 5.74) is 1.35. The molecule has 0 aliphatic carbocycles. The van der Waals surface area contributed by atoms with Gasteiger partial charge in [-0.25, -0.2) is 0 Å². The van der Waals surface area contributed by atoms with E-state index in [0.29, 0.717) is 10.4 Å². The molecule has 1 aromatic carbocycles. The number of hydrogen-bond donors (Lipinski definition) is 2. The lowest BCUT2D eigenvalue weighted by atomic mass is 9.87. The SMILES string of the molecule is CC(C)(C)c1ccc(C(=O)NC(=O)COC(=O)CNC(=O)c2cccs2)cc1. The molecular weight excluding hydrogens is 380 g/mol. The zero-order valence-electron chi connectivity index (χ0n) is 15.9. The highest BCUT2D eigenvalue weighted by atomic mass is 32.1. The van der Waals surface area contributed by atoms with Gasteiger partial charge in [-0.1, -0.05) is 39.0 Å². The van der Waals surface area contributed by atoms with Crippen LogP contribution in [0.25, 0.3) is 0 Å². The van der Waals surface area contributed by atoms with Crippen LogP contribution in [0.5, 0.6) is 0 Å². The van der Waals surface area contributed by atoms with E-state index in [-0.39, 0.29) is 12.0 Å². The number of rotatable bonds is 6. The topological polar surface area (TPSA) is 102 Å². The summed E-state index contributed by atoms with van der Waals surface area (Å²) in [6.07, 6.45) is 0. The number of carbonyl (C=O) groups is 4. The van der Waals surface area contributed by atoms with E-state index in [2.05, 4.69) is 31.4 Å². The Bertz CT molecular complexity index is 852. The normalized spacial score (nSPS) is 10.8. The van der Waals surface area contributed by atoms with Gasteiger partial charge in [0.1, 0.15) is 6.54 Å². The molecule has 0 radical (unpaired) electrons. The fourth-order valence-corrected chi connectivity index (χ4v) is 2.84. The molecule has 0 fully saturated rings. The number of ether oxygens (including phenoxy) is 1. The molecule has 0 atom stereocenters. The molecule has 2 N–H and O–H groups in total. The summed E-state index contributed by atoms with van der Waals surface area (Å²) < 4.78 is 4.76. The Labute approximate surface area is 167 Å². The van der Waals surface area contributed by atoms with E-state index >= 15 is 0 Å². The molecule has 28 heavy (non-hydrogen) atoms. The molecule has 0 unspecified atom stereocenters. The van der Waals surface area contributed by atoms with Gasteiger partial charge in [-0.15, -0.1) is 11.3 Å². The minimum absolute atomic E-state index is 0.0437. The lowest BCUT2D eigenvalue weighted by Gasteiger charge is -2.18. The average Bonchev–Trinajstić information content (AvgIpc) is 3.18. The van der Waals surface area contributed by atoms with Crippen LogP contribution < -0.4 is 10.6 Å². The predicted molar refractivity (Wildman–Crippen MR) is 105 cm³/mol. The second-order valence-electron chi connectivity index (χ2n) is 7.03. The first kappa shape index (κ1) is 21.3. The molecule has 2 rings (SSSR count). The van der Waals surface area contributed by atoms with Crippen molar-refractivity contribution in [3.63, 3.8) is 0 Å². The Morgan fingerprint density at radius 2 is 1.68 bits per heavy atom. The fraction of sp³-hybridized carbons (Fsp3) is 0.300. The van der Waals surface area contributed by atoms with Crippen LogP contribution in [0.3, 0.4) is 0 Å². The standard InChI is InChI=1S/C20H22N2O5S/c1-20(2,3)14-8-6-13(7-9-14)18(25)22-16(23)12-27-17(24)11-21-19(26)15-5-4-10-28-15/h4-10H,11-12H2,1-3H3,(H,21,26)(H,22,23,25). The number of nitrogens with one attached hydrogen (secondary N) is 2. The molecule has 0 spiro atoms. The summed E-state index contributed by atoms with van der Waals surface area (Å²) in [6.45, 7) is 5.19. The third-order valence-corrected chi connectivity index (χ3v) is 4.64. The van der Waals surface area contributed by atoms with Gasteiger partial charge in [-0.3, -0.25) is 24.5 Å². The van der Waals surface area contributed by atoms with Crippen molar-refractivity contribution in [2.24, 2.45) is 0 Å². The van der Waals surface area contributed by atoms with Crippen molar-refractivity contribution in [3.05, 3.63) is 57.8 Å². The maximum absolute atomic E-state index is 12.1. The smallest absolute Gasteiger partial charge is 0.325 e. The summed E-state index contributed by atoms with van der Waals surface area (Å²) in [5, 5.41) is 6.29. The highest BCUT2D eigenvalue weighted by Crippen LogP contribution is 2.22. The van der Waals surface area contributed by atoms with Crippen LogP contribution in [-0.2, 0) is 19.7 Å². The maximum Gasteiger partial charge on any atom is 0.325 e. The monoisotopic (exact) mass is 402 g/mol. The number of hydrogen-bond acceptors (Lipinski definition) is 6. The van der Waals surface area contributed by atoms with Gasteiger partial charge in [0, 0.05) is 5.56 Å². The molecule has 2 aromatic rings. The van der Waals surface area contributed by atoms with Crippen molar-refractivity contribution in [1.82, 2.24) is 10.6 Å². The Hall–Kier alpha value is -3.00. The van der Waals surface area contributed by atoms with Crippen LogP contribution >= 0.6 is 11.3 Å². The minimum atomic E-state index is -0.776. The zero-order chi connectivity index (χ0) is 20.7. The molecule has 0 bridgehead atoms. The van der Waals surface area contributed by atoms with E-state index in [1.54, 1.807) is 29.6 Å². The van der Waals surface area contributed by atoms with Crippen LogP contribution in [0.1, 0.15) is 46.4 Å². The van der Waals surface area contributed by atoms with Crippen LogP contribution in [-0.4, -0.2) is 36.8 Å². The van der Waals surface area contributed by atoms with E-state index in [1.807, 2.05) is 12.1 Å². The van der Waals surface area contributed by atoms with Gasteiger partial charge in [0.2, 0.25) is 0 Å². The van der Waals surface area contributed by atoms with E-state index in [9.17, 15) is 19.2 Å². The van der Waals surface area contributed by atoms with Crippen LogP contribution in [0, 0.1) is 0 Å². The van der Waals surface area contributed by atoms with E-state index in [4.69, 9.17) is 4.74 Å². The van der Waals surface area contributed by atoms with Crippen LogP contribution in [0.15, 0.2) is 41.8 Å². The first-order valence-electron chi connectivity index (χ1n) is 8.59. The molecule has 0 saturated heterocycles. The molecule has 3 amide bonds. The molecule has 0 aliphatic rings. The molecule has 0 aliphatic heterocycles. The second-order valence-corrected chi connectivity index (χ2v) is 7.97. The number of benzene rings is 1. The minimum Gasteiger partial charge on any atom is -0.454 e. The largest absolute Gasteiger partial charge is 0.454 e. The molecule has 7 nitrogen and oxygen atoms in total. The van der Waals surface area contributed by atoms with Crippen molar-refractivity contribution in [2.75, 3.05) is 13.2 Å². The van der Waals surface area contributed by atoms with Crippen molar-refractivity contribution in [2.45, 2.75) is 26.2 Å². The second kappa shape index (κ2) is 9.27. The third-order valence-electron chi connectivity index (χ3n) is 3.77. The summed E-state index contributed by atoms with van der Waals surface area (Å²) in [7, 11) is 0. The van der Waals surface area contributed by atoms with Gasteiger partial charge in [0.05, 0.1) is 4.88 Å². The Morgan fingerprint density at radius 1 is 1.00 bits per heavy atom. The summed E-state index contributed by atoms with van der Waals surface area (Å²) in [5.74, 6) is -2.50. The maximum atomic E-state index is 12.1. The highest BCUT2D eigenvalue weighted by Gasteiger charge is 2.16. The summed E-state index contributed by atoms with van der Waals surface area (Å²) in [6, 6.07) is 10.3. The lowest BCUT2D eigenvalue weighted by molar-refractivity contribution is -0.147. The van der Waals surface area contributed by atoms with Crippen molar-refractivity contribution in [1.29, 1.82) is 0 Å². The molecule has 1 aromatic heterocycles. The molecular formula is C20H22N2O5S. The number of amides is 3. The summed E-state index contributed by atoms with van der Waals surface area (Å²) in [4.78, 5) is 47.6. The van der Waals surface area contributed by atoms with E-state index < -0.39 is 30.3 Å².